The lowest BCUT2D eigenvalue weighted by atomic mass is 10.1. The van der Waals surface area contributed by atoms with Crippen LogP contribution in [0.3, 0.4) is 0 Å². The third-order valence-corrected chi connectivity index (χ3v) is 8.80. The molecule has 10 heteroatoms. The largest absolute Gasteiger partial charge is 0.496 e. The Balaban J connectivity index is 1.60. The quantitative estimate of drug-likeness (QED) is 0.219. The van der Waals surface area contributed by atoms with Crippen LogP contribution in [0.5, 0.6) is 5.75 Å². The van der Waals surface area contributed by atoms with Crippen LogP contribution in [0.15, 0.2) is 106 Å². The Morgan fingerprint density at radius 2 is 1.59 bits per heavy atom. The number of rotatable bonds is 10. The monoisotopic (exact) mass is 635 g/mol. The van der Waals surface area contributed by atoms with Gasteiger partial charge in [-0.2, -0.15) is 0 Å². The number of sulfonamides is 1. The first-order valence-electron chi connectivity index (χ1n) is 12.8. The minimum absolute atomic E-state index is 0.0202. The van der Waals surface area contributed by atoms with Crippen LogP contribution >= 0.6 is 15.9 Å². The van der Waals surface area contributed by atoms with Gasteiger partial charge in [0, 0.05) is 0 Å². The van der Waals surface area contributed by atoms with E-state index < -0.39 is 22.5 Å². The summed E-state index contributed by atoms with van der Waals surface area (Å²) in [6.45, 7) is 3.23. The van der Waals surface area contributed by atoms with Crippen LogP contribution < -0.4 is 19.7 Å². The van der Waals surface area contributed by atoms with Crippen molar-refractivity contribution in [2.75, 3.05) is 23.3 Å². The van der Waals surface area contributed by atoms with E-state index in [2.05, 4.69) is 26.6 Å². The van der Waals surface area contributed by atoms with Crippen LogP contribution in [-0.2, 0) is 14.8 Å². The highest BCUT2D eigenvalue weighted by atomic mass is 79.9. The van der Waals surface area contributed by atoms with Crippen molar-refractivity contribution in [1.29, 1.82) is 0 Å². The van der Waals surface area contributed by atoms with E-state index in [1.54, 1.807) is 48.5 Å². The molecule has 4 rings (SSSR count). The van der Waals surface area contributed by atoms with E-state index >= 15 is 0 Å². The Hall–Kier alpha value is -4.15. The number of aryl methyl sites for hydroxylation is 1. The number of para-hydroxylation sites is 1. The Morgan fingerprint density at radius 3 is 2.24 bits per heavy atom. The summed E-state index contributed by atoms with van der Waals surface area (Å²) in [5, 5.41) is 5.68. The van der Waals surface area contributed by atoms with Gasteiger partial charge in [0.2, 0.25) is 5.91 Å². The number of halogens is 1. The number of carbonyl (C=O) groups excluding carboxylic acids is 2. The van der Waals surface area contributed by atoms with Crippen molar-refractivity contribution in [3.05, 3.63) is 118 Å². The van der Waals surface area contributed by atoms with Gasteiger partial charge >= 0.3 is 0 Å². The molecule has 4 aromatic rings. The second kappa shape index (κ2) is 13.0. The van der Waals surface area contributed by atoms with Gasteiger partial charge < -0.3 is 15.4 Å². The number of carbonyl (C=O) groups is 2. The van der Waals surface area contributed by atoms with E-state index in [4.69, 9.17) is 4.74 Å². The zero-order chi connectivity index (χ0) is 29.6. The summed E-state index contributed by atoms with van der Waals surface area (Å²) in [7, 11) is -2.68. The lowest BCUT2D eigenvalue weighted by Gasteiger charge is -2.25. The van der Waals surface area contributed by atoms with Crippen molar-refractivity contribution in [2.24, 2.45) is 0 Å². The van der Waals surface area contributed by atoms with Crippen LogP contribution in [0, 0.1) is 6.92 Å². The number of nitrogens with one attached hydrogen (secondary N) is 2. The number of hydrogen-bond acceptors (Lipinski definition) is 5. The molecular formula is C31H30BrN3O5S. The lowest BCUT2D eigenvalue weighted by Crippen LogP contribution is -2.38. The topological polar surface area (TPSA) is 105 Å². The predicted molar refractivity (Wildman–Crippen MR) is 164 cm³/mol. The number of methoxy groups -OCH3 is 1. The minimum Gasteiger partial charge on any atom is -0.496 e. The smallest absolute Gasteiger partial charge is 0.264 e. The minimum atomic E-state index is -4.17. The molecule has 0 bridgehead atoms. The number of hydrogen-bond donors (Lipinski definition) is 2. The first-order valence-corrected chi connectivity index (χ1v) is 15.0. The fourth-order valence-corrected chi connectivity index (χ4v) is 6.31. The first-order chi connectivity index (χ1) is 19.6. The molecule has 0 spiro atoms. The Morgan fingerprint density at radius 1 is 0.927 bits per heavy atom. The second-order valence-electron chi connectivity index (χ2n) is 9.34. The molecule has 0 heterocycles. The molecule has 212 valence electrons. The summed E-state index contributed by atoms with van der Waals surface area (Å²) in [5.74, 6) is -0.513. The van der Waals surface area contributed by atoms with Gasteiger partial charge in [0.05, 0.1) is 39.5 Å². The molecule has 0 aromatic heterocycles. The van der Waals surface area contributed by atoms with Crippen molar-refractivity contribution >= 4 is 49.1 Å². The second-order valence-corrected chi connectivity index (χ2v) is 12.1. The highest BCUT2D eigenvalue weighted by molar-refractivity contribution is 9.10. The average Bonchev–Trinajstić information content (AvgIpc) is 2.97. The molecular weight excluding hydrogens is 606 g/mol. The van der Waals surface area contributed by atoms with Crippen molar-refractivity contribution in [3.8, 4) is 5.75 Å². The van der Waals surface area contributed by atoms with Gasteiger partial charge in [-0.15, -0.1) is 0 Å². The zero-order valence-corrected chi connectivity index (χ0v) is 25.2. The van der Waals surface area contributed by atoms with E-state index in [9.17, 15) is 18.0 Å². The third kappa shape index (κ3) is 7.14. The summed E-state index contributed by atoms with van der Waals surface area (Å²) in [5.41, 5.74) is 2.72. The maximum atomic E-state index is 13.8. The molecule has 0 aliphatic heterocycles. The van der Waals surface area contributed by atoms with Gasteiger partial charge in [-0.1, -0.05) is 60.2 Å². The highest BCUT2D eigenvalue weighted by Crippen LogP contribution is 2.31. The molecule has 0 radical (unpaired) electrons. The van der Waals surface area contributed by atoms with Crippen LogP contribution in [-0.4, -0.2) is 33.9 Å². The third-order valence-electron chi connectivity index (χ3n) is 6.41. The molecule has 2 N–H and O–H groups in total. The summed E-state index contributed by atoms with van der Waals surface area (Å²) in [4.78, 5) is 26.5. The molecule has 0 unspecified atom stereocenters. The highest BCUT2D eigenvalue weighted by Gasteiger charge is 2.28. The summed E-state index contributed by atoms with van der Waals surface area (Å²) < 4.78 is 34.3. The van der Waals surface area contributed by atoms with Crippen LogP contribution in [0.2, 0.25) is 0 Å². The first kappa shape index (κ1) is 29.8. The molecule has 4 aromatic carbocycles. The van der Waals surface area contributed by atoms with Gasteiger partial charge in [0.15, 0.2) is 0 Å². The molecule has 0 aliphatic rings. The van der Waals surface area contributed by atoms with Gasteiger partial charge in [-0.25, -0.2) is 8.42 Å². The predicted octanol–water partition coefficient (Wildman–Crippen LogP) is 6.09. The molecule has 1 atom stereocenters. The van der Waals surface area contributed by atoms with Crippen LogP contribution in [0.1, 0.15) is 34.5 Å². The normalized spacial score (nSPS) is 11.8. The van der Waals surface area contributed by atoms with Crippen molar-refractivity contribution < 1.29 is 22.7 Å². The summed E-state index contributed by atoms with van der Waals surface area (Å²) in [6, 6.07) is 27.1. The number of ether oxygens (including phenoxy) is 1. The molecule has 0 fully saturated rings. The lowest BCUT2D eigenvalue weighted by molar-refractivity contribution is -0.114. The van der Waals surface area contributed by atoms with Gasteiger partial charge in [0.1, 0.15) is 12.3 Å². The van der Waals surface area contributed by atoms with Crippen molar-refractivity contribution in [3.63, 3.8) is 0 Å². The van der Waals surface area contributed by atoms with E-state index in [1.807, 2.05) is 44.2 Å². The molecule has 0 aliphatic carbocycles. The molecule has 8 nitrogen and oxygen atoms in total. The van der Waals surface area contributed by atoms with Crippen molar-refractivity contribution in [1.82, 2.24) is 5.32 Å². The van der Waals surface area contributed by atoms with E-state index in [-0.39, 0.29) is 28.1 Å². The average molecular weight is 637 g/mol. The fraction of sp³-hybridized carbons (Fsp3) is 0.161. The summed E-state index contributed by atoms with van der Waals surface area (Å²) >= 11 is 3.34. The van der Waals surface area contributed by atoms with E-state index in [0.717, 1.165) is 15.4 Å². The summed E-state index contributed by atoms with van der Waals surface area (Å²) in [6.07, 6.45) is 0. The number of anilines is 2. The fourth-order valence-electron chi connectivity index (χ4n) is 4.17. The number of amides is 2. The zero-order valence-electron chi connectivity index (χ0n) is 22.8. The maximum absolute atomic E-state index is 13.8. The Kier molecular flexibility index (Phi) is 9.46. The van der Waals surface area contributed by atoms with E-state index in [1.165, 1.54) is 25.3 Å². The molecule has 41 heavy (non-hydrogen) atoms. The van der Waals surface area contributed by atoms with Crippen molar-refractivity contribution in [2.45, 2.75) is 24.8 Å². The van der Waals surface area contributed by atoms with Crippen LogP contribution in [0.4, 0.5) is 11.4 Å². The number of nitrogens with zero attached hydrogens (tertiary/aromatic N) is 1. The Bertz CT molecular complexity index is 1640. The standard InChI is InChI=1S/C31H30BrN3O5S/c1-21-13-15-24(16-14-21)35(41(38,39)25-17-18-29(40-3)27(32)19-25)20-30(36)34-28-12-8-7-11-26(28)31(37)33-22(2)23-9-5-4-6-10-23/h4-19,22H,20H2,1-3H3,(H,33,37)(H,34,36)/t22-/m1/s1. The van der Waals surface area contributed by atoms with Crippen LogP contribution in [0.25, 0.3) is 0 Å². The molecule has 0 saturated heterocycles. The van der Waals surface area contributed by atoms with Gasteiger partial charge in [-0.3, -0.25) is 13.9 Å². The van der Waals surface area contributed by atoms with Gasteiger partial charge in [0.25, 0.3) is 15.9 Å². The Labute approximate surface area is 248 Å². The number of benzene rings is 4. The SMILES string of the molecule is COc1ccc(S(=O)(=O)N(CC(=O)Nc2ccccc2C(=O)N[C@H](C)c2ccccc2)c2ccc(C)cc2)cc1Br. The molecule has 2 amide bonds. The van der Waals surface area contributed by atoms with Gasteiger partial charge in [-0.05, 0) is 77.8 Å². The molecule has 0 saturated carbocycles. The van der Waals surface area contributed by atoms with E-state index in [0.29, 0.717) is 15.9 Å². The maximum Gasteiger partial charge on any atom is 0.264 e.